The summed E-state index contributed by atoms with van der Waals surface area (Å²) in [5.41, 5.74) is 2.71. The number of aromatic amines is 1. The number of hydrogen-bond acceptors (Lipinski definition) is 4. The Balaban J connectivity index is 1.49. The lowest BCUT2D eigenvalue weighted by atomic mass is 10.1. The van der Waals surface area contributed by atoms with Crippen molar-refractivity contribution in [3.8, 4) is 11.3 Å². The minimum atomic E-state index is -0.621. The zero-order valence-corrected chi connectivity index (χ0v) is 13.4. The van der Waals surface area contributed by atoms with Crippen molar-refractivity contribution in [3.05, 3.63) is 78.0 Å². The average molecular weight is 335 g/mol. The van der Waals surface area contributed by atoms with Gasteiger partial charge in [-0.3, -0.25) is 9.89 Å². The molecule has 0 atom stereocenters. The maximum absolute atomic E-state index is 12.0. The van der Waals surface area contributed by atoms with Gasteiger partial charge in [-0.15, -0.1) is 0 Å². The van der Waals surface area contributed by atoms with Gasteiger partial charge in [0.05, 0.1) is 5.69 Å². The van der Waals surface area contributed by atoms with E-state index in [1.165, 1.54) is 0 Å². The highest BCUT2D eigenvalue weighted by Gasteiger charge is 2.14. The van der Waals surface area contributed by atoms with E-state index >= 15 is 0 Å². The molecule has 2 aromatic carbocycles. The number of H-pyrrole nitrogens is 1. The standard InChI is InChI=1S/C19H17N3O3/c23-18(20-12-14-7-3-1-4-8-14)13-25-19(24)17-11-16(21-22-17)15-9-5-2-6-10-15/h1-11H,12-13H2,(H,20,23)(H,21,22). The molecule has 0 bridgehead atoms. The van der Waals surface area contributed by atoms with Gasteiger partial charge in [0.1, 0.15) is 5.69 Å². The van der Waals surface area contributed by atoms with Crippen LogP contribution in [-0.2, 0) is 16.1 Å². The van der Waals surface area contributed by atoms with Gasteiger partial charge in [0, 0.05) is 12.1 Å². The minimum Gasteiger partial charge on any atom is -0.451 e. The van der Waals surface area contributed by atoms with Crippen molar-refractivity contribution in [3.63, 3.8) is 0 Å². The molecule has 1 heterocycles. The van der Waals surface area contributed by atoms with Crippen molar-refractivity contribution >= 4 is 11.9 Å². The first-order chi connectivity index (χ1) is 12.2. The van der Waals surface area contributed by atoms with Gasteiger partial charge in [0.2, 0.25) is 0 Å². The third kappa shape index (κ3) is 4.54. The van der Waals surface area contributed by atoms with Crippen molar-refractivity contribution in [2.24, 2.45) is 0 Å². The van der Waals surface area contributed by atoms with E-state index in [9.17, 15) is 9.59 Å². The molecule has 6 nitrogen and oxygen atoms in total. The number of esters is 1. The quantitative estimate of drug-likeness (QED) is 0.678. The van der Waals surface area contributed by atoms with Gasteiger partial charge in [-0.2, -0.15) is 5.10 Å². The zero-order chi connectivity index (χ0) is 17.5. The van der Waals surface area contributed by atoms with Gasteiger partial charge in [0.15, 0.2) is 6.61 Å². The van der Waals surface area contributed by atoms with Gasteiger partial charge in [-0.25, -0.2) is 4.79 Å². The number of carbonyl (C=O) groups excluding carboxylic acids is 2. The van der Waals surface area contributed by atoms with E-state index < -0.39 is 5.97 Å². The fraction of sp³-hybridized carbons (Fsp3) is 0.105. The number of amides is 1. The second-order valence-corrected chi connectivity index (χ2v) is 5.37. The van der Waals surface area contributed by atoms with Crippen LogP contribution in [0.15, 0.2) is 66.7 Å². The predicted molar refractivity (Wildman–Crippen MR) is 92.6 cm³/mol. The van der Waals surface area contributed by atoms with Crippen LogP contribution in [0.4, 0.5) is 0 Å². The number of nitrogens with zero attached hydrogens (tertiary/aromatic N) is 1. The first kappa shape index (κ1) is 16.4. The fourth-order valence-corrected chi connectivity index (χ4v) is 2.24. The summed E-state index contributed by atoms with van der Waals surface area (Å²) in [5.74, 6) is -0.982. The molecule has 0 aliphatic rings. The van der Waals surface area contributed by atoms with Crippen molar-refractivity contribution < 1.29 is 14.3 Å². The van der Waals surface area contributed by atoms with Crippen LogP contribution in [0, 0.1) is 0 Å². The van der Waals surface area contributed by atoms with Crippen LogP contribution < -0.4 is 5.32 Å². The van der Waals surface area contributed by atoms with Gasteiger partial charge < -0.3 is 10.1 Å². The first-order valence-electron chi connectivity index (χ1n) is 7.81. The van der Waals surface area contributed by atoms with Crippen LogP contribution in [0.25, 0.3) is 11.3 Å². The third-order valence-electron chi connectivity index (χ3n) is 3.53. The number of hydrogen-bond donors (Lipinski definition) is 2. The predicted octanol–water partition coefficient (Wildman–Crippen LogP) is 2.55. The molecule has 6 heteroatoms. The van der Waals surface area contributed by atoms with E-state index in [2.05, 4.69) is 15.5 Å². The molecule has 0 unspecified atom stereocenters. The van der Waals surface area contributed by atoms with Crippen LogP contribution in [-0.4, -0.2) is 28.7 Å². The molecular weight excluding hydrogens is 318 g/mol. The number of benzene rings is 2. The summed E-state index contributed by atoms with van der Waals surface area (Å²) in [5, 5.41) is 9.41. The lowest BCUT2D eigenvalue weighted by molar-refractivity contribution is -0.124. The number of carbonyl (C=O) groups is 2. The molecule has 0 saturated heterocycles. The Hall–Kier alpha value is -3.41. The Morgan fingerprint density at radius 1 is 1.00 bits per heavy atom. The lowest BCUT2D eigenvalue weighted by Crippen LogP contribution is -2.28. The summed E-state index contributed by atoms with van der Waals surface area (Å²) < 4.78 is 5.01. The topological polar surface area (TPSA) is 84.1 Å². The number of aromatic nitrogens is 2. The van der Waals surface area contributed by atoms with E-state index in [1.807, 2.05) is 60.7 Å². The van der Waals surface area contributed by atoms with E-state index in [-0.39, 0.29) is 18.2 Å². The Morgan fingerprint density at radius 2 is 1.68 bits per heavy atom. The summed E-state index contributed by atoms with van der Waals surface area (Å²) in [7, 11) is 0. The molecule has 0 radical (unpaired) electrons. The van der Waals surface area contributed by atoms with Crippen LogP contribution in [0.1, 0.15) is 16.1 Å². The third-order valence-corrected chi connectivity index (χ3v) is 3.53. The summed E-state index contributed by atoms with van der Waals surface area (Å²) in [6.07, 6.45) is 0. The molecule has 1 aromatic heterocycles. The summed E-state index contributed by atoms with van der Waals surface area (Å²) in [6.45, 7) is 0.0464. The highest BCUT2D eigenvalue weighted by atomic mass is 16.5. The van der Waals surface area contributed by atoms with Crippen LogP contribution in [0.2, 0.25) is 0 Å². The maximum Gasteiger partial charge on any atom is 0.356 e. The van der Waals surface area contributed by atoms with E-state index in [0.717, 1.165) is 11.1 Å². The second-order valence-electron chi connectivity index (χ2n) is 5.37. The molecule has 3 rings (SSSR count). The number of rotatable bonds is 6. The van der Waals surface area contributed by atoms with Crippen LogP contribution in [0.3, 0.4) is 0 Å². The number of ether oxygens (including phenoxy) is 1. The SMILES string of the molecule is O=C(COC(=O)c1cc(-c2ccccc2)n[nH]1)NCc1ccccc1. The average Bonchev–Trinajstić information content (AvgIpc) is 3.16. The van der Waals surface area contributed by atoms with Crippen LogP contribution in [0.5, 0.6) is 0 Å². The largest absolute Gasteiger partial charge is 0.451 e. The molecule has 0 fully saturated rings. The highest BCUT2D eigenvalue weighted by Crippen LogP contribution is 2.17. The first-order valence-corrected chi connectivity index (χ1v) is 7.81. The summed E-state index contributed by atoms with van der Waals surface area (Å²) in [6, 6.07) is 20.6. The Bertz CT molecular complexity index is 845. The molecule has 0 aliphatic heterocycles. The normalized spacial score (nSPS) is 10.2. The summed E-state index contributed by atoms with van der Waals surface area (Å²) in [4.78, 5) is 23.8. The van der Waals surface area contributed by atoms with E-state index in [1.54, 1.807) is 6.07 Å². The fourth-order valence-electron chi connectivity index (χ4n) is 2.24. The highest BCUT2D eigenvalue weighted by molar-refractivity contribution is 5.90. The Kier molecular flexibility index (Phi) is 5.21. The van der Waals surface area contributed by atoms with Crippen molar-refractivity contribution in [1.29, 1.82) is 0 Å². The van der Waals surface area contributed by atoms with Crippen molar-refractivity contribution in [1.82, 2.24) is 15.5 Å². The molecule has 1 amide bonds. The lowest BCUT2D eigenvalue weighted by Gasteiger charge is -2.05. The molecule has 126 valence electrons. The zero-order valence-electron chi connectivity index (χ0n) is 13.4. The van der Waals surface area contributed by atoms with Crippen molar-refractivity contribution in [2.45, 2.75) is 6.54 Å². The van der Waals surface area contributed by atoms with Gasteiger partial charge in [-0.05, 0) is 11.6 Å². The molecule has 0 aliphatic carbocycles. The van der Waals surface area contributed by atoms with E-state index in [0.29, 0.717) is 12.2 Å². The summed E-state index contributed by atoms with van der Waals surface area (Å²) >= 11 is 0. The Morgan fingerprint density at radius 3 is 2.40 bits per heavy atom. The van der Waals surface area contributed by atoms with Gasteiger partial charge in [0.25, 0.3) is 5.91 Å². The molecule has 0 spiro atoms. The molecule has 0 saturated carbocycles. The minimum absolute atomic E-state index is 0.203. The Labute approximate surface area is 144 Å². The molecule has 25 heavy (non-hydrogen) atoms. The van der Waals surface area contributed by atoms with E-state index in [4.69, 9.17) is 4.74 Å². The molecule has 3 aromatic rings. The van der Waals surface area contributed by atoms with Gasteiger partial charge >= 0.3 is 5.97 Å². The smallest absolute Gasteiger partial charge is 0.356 e. The van der Waals surface area contributed by atoms with Gasteiger partial charge in [-0.1, -0.05) is 60.7 Å². The molecular formula is C19H17N3O3. The second kappa shape index (κ2) is 7.92. The van der Waals surface area contributed by atoms with Crippen molar-refractivity contribution in [2.75, 3.05) is 6.61 Å². The van der Waals surface area contributed by atoms with Crippen LogP contribution >= 0.6 is 0 Å². The monoisotopic (exact) mass is 335 g/mol. The maximum atomic E-state index is 12.0. The molecule has 2 N–H and O–H groups in total. The number of nitrogens with one attached hydrogen (secondary N) is 2.